The van der Waals surface area contributed by atoms with E-state index in [1.165, 1.54) is 18.2 Å². The molecule has 4 rings (SSSR count). The van der Waals surface area contributed by atoms with Gasteiger partial charge in [-0.3, -0.25) is 9.59 Å². The molecule has 5 nitrogen and oxygen atoms in total. The van der Waals surface area contributed by atoms with Crippen molar-refractivity contribution in [2.24, 2.45) is 0 Å². The summed E-state index contributed by atoms with van der Waals surface area (Å²) in [5.74, 6) is -4.02. The van der Waals surface area contributed by atoms with Crippen LogP contribution in [0.5, 0.6) is 0 Å². The standard InChI is InChI=1S/C31H24BrF3NO4P/c1-2-40-29(38)28(27(37)25-20-21(32)18-19-26(25)36-30(39)31(33,34)35)41(22-12-6-3-7-13-22,23-14-8-4-9-15-23)24-16-10-5-11-17-24/h3-20H,2H2,1H3,(H,36,39). The normalized spacial score (nSPS) is 11.4. The van der Waals surface area contributed by atoms with Crippen LogP contribution in [0.4, 0.5) is 18.9 Å². The molecule has 4 aromatic rings. The van der Waals surface area contributed by atoms with Crippen LogP contribution < -0.4 is 21.2 Å². The fourth-order valence-electron chi connectivity index (χ4n) is 4.50. The predicted octanol–water partition coefficient (Wildman–Crippen LogP) is 5.86. The lowest BCUT2D eigenvalue weighted by Gasteiger charge is -2.31. The molecule has 1 N–H and O–H groups in total. The molecule has 4 aromatic carbocycles. The van der Waals surface area contributed by atoms with Crippen LogP contribution in [-0.2, 0) is 14.3 Å². The molecular weight excluding hydrogens is 618 g/mol. The fourth-order valence-corrected chi connectivity index (χ4v) is 9.16. The van der Waals surface area contributed by atoms with Gasteiger partial charge in [0.1, 0.15) is 5.29 Å². The first-order chi connectivity index (χ1) is 19.6. The smallest absolute Gasteiger partial charge is 0.462 e. The average Bonchev–Trinajstić information content (AvgIpc) is 2.97. The van der Waals surface area contributed by atoms with Gasteiger partial charge in [-0.15, -0.1) is 0 Å². The molecule has 0 bridgehead atoms. The van der Waals surface area contributed by atoms with Crippen molar-refractivity contribution < 1.29 is 32.3 Å². The van der Waals surface area contributed by atoms with Crippen molar-refractivity contribution in [3.8, 4) is 0 Å². The average molecular weight is 642 g/mol. The number of amides is 1. The molecule has 0 saturated heterocycles. The molecule has 1 amide bonds. The van der Waals surface area contributed by atoms with Gasteiger partial charge < -0.3 is 10.1 Å². The van der Waals surface area contributed by atoms with Crippen molar-refractivity contribution in [1.29, 1.82) is 0 Å². The summed E-state index contributed by atoms with van der Waals surface area (Å²) < 4.78 is 45.5. The molecule has 210 valence electrons. The minimum absolute atomic E-state index is 0.0515. The molecule has 0 fully saturated rings. The van der Waals surface area contributed by atoms with E-state index in [0.29, 0.717) is 20.4 Å². The first-order valence-electron chi connectivity index (χ1n) is 12.4. The summed E-state index contributed by atoms with van der Waals surface area (Å²) in [6.45, 7) is -1.78. The largest absolute Gasteiger partial charge is 0.471 e. The van der Waals surface area contributed by atoms with Crippen molar-refractivity contribution in [2.45, 2.75) is 13.1 Å². The van der Waals surface area contributed by atoms with E-state index in [1.54, 1.807) is 66.8 Å². The second kappa shape index (κ2) is 12.7. The van der Waals surface area contributed by atoms with Gasteiger partial charge in [-0.2, -0.15) is 13.2 Å². The van der Waals surface area contributed by atoms with Gasteiger partial charge in [0, 0.05) is 10.0 Å². The van der Waals surface area contributed by atoms with Gasteiger partial charge in [0.2, 0.25) is 5.78 Å². The number of ether oxygens (including phenoxy) is 1. The van der Waals surface area contributed by atoms with Gasteiger partial charge in [0.25, 0.3) is 0 Å². The molecule has 0 aromatic heterocycles. The van der Waals surface area contributed by atoms with Crippen molar-refractivity contribution in [3.05, 3.63) is 119 Å². The predicted molar refractivity (Wildman–Crippen MR) is 160 cm³/mol. The Morgan fingerprint density at radius 2 is 1.24 bits per heavy atom. The highest BCUT2D eigenvalue weighted by Crippen LogP contribution is 2.47. The Labute approximate surface area is 243 Å². The topological polar surface area (TPSA) is 72.5 Å². The third kappa shape index (κ3) is 6.21. The molecule has 0 unspecified atom stereocenters. The van der Waals surface area contributed by atoms with Crippen LogP contribution in [0.3, 0.4) is 0 Å². The molecule has 0 aliphatic heterocycles. The molecule has 0 aliphatic carbocycles. The van der Waals surface area contributed by atoms with Gasteiger partial charge in [-0.1, -0.05) is 107 Å². The second-order valence-electron chi connectivity index (χ2n) is 8.72. The minimum Gasteiger partial charge on any atom is -0.462 e. The van der Waals surface area contributed by atoms with E-state index < -0.39 is 36.4 Å². The molecule has 41 heavy (non-hydrogen) atoms. The zero-order chi connectivity index (χ0) is 29.6. The number of esters is 1. The summed E-state index contributed by atoms with van der Waals surface area (Å²) >= 11 is 3.27. The number of alkyl halides is 3. The fraction of sp³-hybridized carbons (Fsp3) is 0.0968. The Bertz CT molecular complexity index is 1520. The Kier molecular flexibility index (Phi) is 9.31. The van der Waals surface area contributed by atoms with Crippen LogP contribution in [0.2, 0.25) is 0 Å². The maximum absolute atomic E-state index is 14.7. The zero-order valence-electron chi connectivity index (χ0n) is 21.7. The molecule has 0 saturated carbocycles. The molecule has 0 spiro atoms. The number of Topliss-reactive ketones (excluding diaryl/α,β-unsaturated/α-hetero) is 1. The van der Waals surface area contributed by atoms with E-state index in [2.05, 4.69) is 15.9 Å². The SMILES string of the molecule is CCOC(=O)C(C(=O)c1cc(Br)ccc1NC(=O)C(F)(F)F)=P(c1ccccc1)(c1ccccc1)c1ccccc1. The van der Waals surface area contributed by atoms with Gasteiger partial charge in [-0.25, -0.2) is 4.79 Å². The number of rotatable bonds is 8. The first-order valence-corrected chi connectivity index (χ1v) is 15.0. The van der Waals surface area contributed by atoms with Crippen molar-refractivity contribution in [3.63, 3.8) is 0 Å². The lowest BCUT2D eigenvalue weighted by atomic mass is 10.1. The second-order valence-corrected chi connectivity index (χ2v) is 13.0. The van der Waals surface area contributed by atoms with E-state index in [4.69, 9.17) is 4.74 Å². The molecule has 0 atom stereocenters. The maximum Gasteiger partial charge on any atom is 0.471 e. The highest BCUT2D eigenvalue weighted by Gasteiger charge is 2.41. The molecule has 0 heterocycles. The molecule has 0 aliphatic rings. The van der Waals surface area contributed by atoms with Crippen LogP contribution in [0.1, 0.15) is 17.3 Å². The summed E-state index contributed by atoms with van der Waals surface area (Å²) in [5.41, 5.74) is -0.693. The molecule has 10 heteroatoms. The van der Waals surface area contributed by atoms with Crippen LogP contribution in [0.15, 0.2) is 114 Å². The van der Waals surface area contributed by atoms with Crippen molar-refractivity contribution >= 4 is 67.4 Å². The van der Waals surface area contributed by atoms with Crippen LogP contribution in [-0.4, -0.2) is 35.7 Å². The third-order valence-electron chi connectivity index (χ3n) is 6.18. The Hall–Kier alpha value is -3.94. The number of anilines is 1. The number of hydrogen-bond acceptors (Lipinski definition) is 4. The van der Waals surface area contributed by atoms with Crippen molar-refractivity contribution in [1.82, 2.24) is 0 Å². The summed E-state index contributed by atoms with van der Waals surface area (Å²) in [6.07, 6.45) is -5.20. The monoisotopic (exact) mass is 641 g/mol. The zero-order valence-corrected chi connectivity index (χ0v) is 24.2. The highest BCUT2D eigenvalue weighted by atomic mass is 79.9. The lowest BCUT2D eigenvalue weighted by Crippen LogP contribution is -2.39. The Morgan fingerprint density at radius 3 is 1.66 bits per heavy atom. The maximum atomic E-state index is 14.7. The number of benzene rings is 4. The number of carbonyl (C=O) groups excluding carboxylic acids is 3. The summed E-state index contributed by atoms with van der Waals surface area (Å²) in [5, 5.41) is 3.52. The van der Waals surface area contributed by atoms with Gasteiger partial charge in [0.05, 0.1) is 12.3 Å². The number of halogens is 4. The number of ketones is 1. The Balaban J connectivity index is 2.20. The number of hydrogen-bond donors (Lipinski definition) is 1. The summed E-state index contributed by atoms with van der Waals surface area (Å²) in [4.78, 5) is 40.6. The minimum atomic E-state index is -5.20. The summed E-state index contributed by atoms with van der Waals surface area (Å²) in [6, 6.07) is 30.9. The molecule has 0 radical (unpaired) electrons. The van der Waals surface area contributed by atoms with E-state index in [0.717, 1.165) is 0 Å². The van der Waals surface area contributed by atoms with Crippen LogP contribution in [0.25, 0.3) is 0 Å². The number of carbonyl (C=O) groups is 3. The Morgan fingerprint density at radius 1 is 0.780 bits per heavy atom. The van der Waals surface area contributed by atoms with E-state index >= 15 is 0 Å². The van der Waals surface area contributed by atoms with Crippen LogP contribution >= 0.6 is 22.8 Å². The van der Waals surface area contributed by atoms with E-state index in [9.17, 15) is 27.6 Å². The highest BCUT2D eigenvalue weighted by molar-refractivity contribution is 9.10. The van der Waals surface area contributed by atoms with Gasteiger partial charge in [-0.05, 0) is 47.9 Å². The molecular formula is C31H24BrF3NO4P. The van der Waals surface area contributed by atoms with E-state index in [-0.39, 0.29) is 17.5 Å². The first kappa shape index (κ1) is 30.0. The van der Waals surface area contributed by atoms with Crippen LogP contribution in [0, 0.1) is 0 Å². The number of nitrogens with one attached hydrogen (secondary N) is 1. The van der Waals surface area contributed by atoms with E-state index in [1.807, 2.05) is 36.4 Å². The quantitative estimate of drug-likeness (QED) is 0.113. The van der Waals surface area contributed by atoms with Gasteiger partial charge >= 0.3 is 18.1 Å². The third-order valence-corrected chi connectivity index (χ3v) is 10.9. The summed E-state index contributed by atoms with van der Waals surface area (Å²) in [7, 11) is 0. The van der Waals surface area contributed by atoms with Gasteiger partial charge in [0.15, 0.2) is 0 Å². The van der Waals surface area contributed by atoms with Crippen molar-refractivity contribution in [2.75, 3.05) is 11.9 Å². The lowest BCUT2D eigenvalue weighted by molar-refractivity contribution is -0.167.